The third kappa shape index (κ3) is 5.00. The number of ether oxygens (including phenoxy) is 1. The van der Waals surface area contributed by atoms with Gasteiger partial charge in [-0.2, -0.15) is 5.10 Å². The number of hydrogen-bond donors (Lipinski definition) is 1. The summed E-state index contributed by atoms with van der Waals surface area (Å²) in [5.41, 5.74) is 1.23. The molecule has 0 aliphatic heterocycles. The van der Waals surface area contributed by atoms with E-state index >= 15 is 0 Å². The molecule has 1 atom stereocenters. The van der Waals surface area contributed by atoms with Gasteiger partial charge in [-0.3, -0.25) is 9.59 Å². The Balaban J connectivity index is 1.70. The van der Waals surface area contributed by atoms with Crippen LogP contribution in [0.1, 0.15) is 52.0 Å². The fourth-order valence-corrected chi connectivity index (χ4v) is 3.64. The zero-order valence-corrected chi connectivity index (χ0v) is 16.7. The molecule has 0 radical (unpaired) electrons. The van der Waals surface area contributed by atoms with Crippen molar-refractivity contribution in [2.24, 2.45) is 5.92 Å². The maximum atomic E-state index is 12.6. The van der Waals surface area contributed by atoms with Gasteiger partial charge in [-0.1, -0.05) is 19.3 Å². The molecule has 150 valence electrons. The van der Waals surface area contributed by atoms with Gasteiger partial charge in [0.1, 0.15) is 11.8 Å². The predicted octanol–water partition coefficient (Wildman–Crippen LogP) is 3.57. The molecule has 2 aromatic rings. The maximum Gasteiger partial charge on any atom is 0.267 e. The summed E-state index contributed by atoms with van der Waals surface area (Å²) in [6.45, 7) is 4.94. The third-order valence-electron chi connectivity index (χ3n) is 5.32. The minimum Gasteiger partial charge on any atom is -0.494 e. The number of hydrogen-bond acceptors (Lipinski definition) is 4. The van der Waals surface area contributed by atoms with E-state index in [4.69, 9.17) is 4.74 Å². The molecular formula is C22H29N3O3. The van der Waals surface area contributed by atoms with Gasteiger partial charge in [-0.25, -0.2) is 4.68 Å². The SMILES string of the molecule is CCOc1ccc(-c2ccc(=O)n(C(C)C(=O)NCC3CCCCC3)n2)cc1. The van der Waals surface area contributed by atoms with Gasteiger partial charge in [0.25, 0.3) is 5.56 Å². The van der Waals surface area contributed by atoms with Crippen LogP contribution in [0.5, 0.6) is 5.75 Å². The second kappa shape index (κ2) is 9.53. The molecule has 1 saturated carbocycles. The van der Waals surface area contributed by atoms with Crippen molar-refractivity contribution in [3.8, 4) is 17.0 Å². The van der Waals surface area contributed by atoms with E-state index in [2.05, 4.69) is 10.4 Å². The summed E-state index contributed by atoms with van der Waals surface area (Å²) >= 11 is 0. The molecule has 1 fully saturated rings. The number of carbonyl (C=O) groups is 1. The molecule has 3 rings (SSSR count). The van der Waals surface area contributed by atoms with Crippen molar-refractivity contribution in [1.82, 2.24) is 15.1 Å². The van der Waals surface area contributed by atoms with Crippen LogP contribution in [0.15, 0.2) is 41.2 Å². The zero-order chi connectivity index (χ0) is 19.9. The van der Waals surface area contributed by atoms with Crippen molar-refractivity contribution in [3.05, 3.63) is 46.8 Å². The summed E-state index contributed by atoms with van der Waals surface area (Å²) in [6, 6.07) is 10.0. The first-order valence-corrected chi connectivity index (χ1v) is 10.2. The molecule has 6 nitrogen and oxygen atoms in total. The average Bonchev–Trinajstić information content (AvgIpc) is 2.73. The van der Waals surface area contributed by atoms with Crippen molar-refractivity contribution >= 4 is 5.91 Å². The molecular weight excluding hydrogens is 354 g/mol. The summed E-state index contributed by atoms with van der Waals surface area (Å²) in [5, 5.41) is 7.44. The van der Waals surface area contributed by atoms with Gasteiger partial charge in [0, 0.05) is 18.2 Å². The van der Waals surface area contributed by atoms with Crippen molar-refractivity contribution < 1.29 is 9.53 Å². The fraction of sp³-hybridized carbons (Fsp3) is 0.500. The summed E-state index contributed by atoms with van der Waals surface area (Å²) in [4.78, 5) is 24.9. The first-order valence-electron chi connectivity index (χ1n) is 10.2. The molecule has 0 bridgehead atoms. The summed E-state index contributed by atoms with van der Waals surface area (Å²) in [7, 11) is 0. The van der Waals surface area contributed by atoms with Gasteiger partial charge in [0.15, 0.2) is 0 Å². The average molecular weight is 383 g/mol. The maximum absolute atomic E-state index is 12.6. The van der Waals surface area contributed by atoms with E-state index in [1.165, 1.54) is 42.9 Å². The largest absolute Gasteiger partial charge is 0.494 e. The zero-order valence-electron chi connectivity index (χ0n) is 16.7. The van der Waals surface area contributed by atoms with E-state index in [9.17, 15) is 9.59 Å². The second-order valence-electron chi connectivity index (χ2n) is 7.38. The Morgan fingerprint density at radius 3 is 2.57 bits per heavy atom. The number of benzene rings is 1. The van der Waals surface area contributed by atoms with Gasteiger partial charge >= 0.3 is 0 Å². The van der Waals surface area contributed by atoms with Crippen LogP contribution in [0.3, 0.4) is 0 Å². The monoisotopic (exact) mass is 383 g/mol. The van der Waals surface area contributed by atoms with E-state index in [0.717, 1.165) is 11.3 Å². The minimum atomic E-state index is -0.654. The lowest BCUT2D eigenvalue weighted by atomic mass is 9.89. The van der Waals surface area contributed by atoms with Crippen LogP contribution < -0.4 is 15.6 Å². The fourth-order valence-electron chi connectivity index (χ4n) is 3.64. The summed E-state index contributed by atoms with van der Waals surface area (Å²) in [6.07, 6.45) is 6.10. The highest BCUT2D eigenvalue weighted by molar-refractivity contribution is 5.79. The Labute approximate surface area is 165 Å². The molecule has 0 spiro atoms. The second-order valence-corrected chi connectivity index (χ2v) is 7.38. The van der Waals surface area contributed by atoms with Gasteiger partial charge in [0.2, 0.25) is 5.91 Å². The molecule has 1 aromatic heterocycles. The van der Waals surface area contributed by atoms with Crippen LogP contribution in [-0.4, -0.2) is 28.8 Å². The highest BCUT2D eigenvalue weighted by atomic mass is 16.5. The van der Waals surface area contributed by atoms with E-state index in [1.807, 2.05) is 31.2 Å². The van der Waals surface area contributed by atoms with Crippen LogP contribution in [0.25, 0.3) is 11.3 Å². The molecule has 0 saturated heterocycles. The number of amides is 1. The van der Waals surface area contributed by atoms with Crippen LogP contribution in [0.2, 0.25) is 0 Å². The number of nitrogens with one attached hydrogen (secondary N) is 1. The Morgan fingerprint density at radius 1 is 1.18 bits per heavy atom. The van der Waals surface area contributed by atoms with Crippen LogP contribution >= 0.6 is 0 Å². The van der Waals surface area contributed by atoms with E-state index in [1.54, 1.807) is 13.0 Å². The lowest BCUT2D eigenvalue weighted by Crippen LogP contribution is -2.39. The first kappa shape index (κ1) is 20.1. The van der Waals surface area contributed by atoms with E-state index < -0.39 is 6.04 Å². The smallest absolute Gasteiger partial charge is 0.267 e. The molecule has 1 unspecified atom stereocenters. The Hall–Kier alpha value is -2.63. The van der Waals surface area contributed by atoms with Gasteiger partial charge in [-0.15, -0.1) is 0 Å². The number of nitrogens with zero attached hydrogens (tertiary/aromatic N) is 2. The lowest BCUT2D eigenvalue weighted by molar-refractivity contribution is -0.124. The molecule has 1 amide bonds. The quantitative estimate of drug-likeness (QED) is 0.793. The molecule has 6 heteroatoms. The Kier molecular flexibility index (Phi) is 6.85. The van der Waals surface area contributed by atoms with Crippen molar-refractivity contribution in [3.63, 3.8) is 0 Å². The third-order valence-corrected chi connectivity index (χ3v) is 5.32. The molecule has 1 aliphatic carbocycles. The van der Waals surface area contributed by atoms with E-state index in [0.29, 0.717) is 24.8 Å². The predicted molar refractivity (Wildman–Crippen MR) is 109 cm³/mol. The van der Waals surface area contributed by atoms with Crippen LogP contribution in [-0.2, 0) is 4.79 Å². The van der Waals surface area contributed by atoms with Crippen LogP contribution in [0.4, 0.5) is 0 Å². The molecule has 28 heavy (non-hydrogen) atoms. The number of aromatic nitrogens is 2. The normalized spacial score (nSPS) is 15.8. The lowest BCUT2D eigenvalue weighted by Gasteiger charge is -2.23. The van der Waals surface area contributed by atoms with Gasteiger partial charge in [-0.05, 0) is 62.9 Å². The van der Waals surface area contributed by atoms with Crippen LogP contribution in [0, 0.1) is 5.92 Å². The van der Waals surface area contributed by atoms with Crippen molar-refractivity contribution in [2.75, 3.05) is 13.2 Å². The van der Waals surface area contributed by atoms with E-state index in [-0.39, 0.29) is 11.5 Å². The molecule has 1 aliphatic rings. The summed E-state index contributed by atoms with van der Waals surface area (Å²) in [5.74, 6) is 1.17. The highest BCUT2D eigenvalue weighted by Crippen LogP contribution is 2.23. The van der Waals surface area contributed by atoms with Crippen molar-refractivity contribution in [1.29, 1.82) is 0 Å². The number of rotatable bonds is 7. The summed E-state index contributed by atoms with van der Waals surface area (Å²) < 4.78 is 6.72. The van der Waals surface area contributed by atoms with Crippen molar-refractivity contribution in [2.45, 2.75) is 52.0 Å². The minimum absolute atomic E-state index is 0.163. The Morgan fingerprint density at radius 2 is 1.89 bits per heavy atom. The molecule has 1 aromatic carbocycles. The highest BCUT2D eigenvalue weighted by Gasteiger charge is 2.20. The topological polar surface area (TPSA) is 73.2 Å². The Bertz CT molecular complexity index is 839. The van der Waals surface area contributed by atoms with Gasteiger partial charge < -0.3 is 10.1 Å². The standard InChI is InChI=1S/C22H29N3O3/c1-3-28-19-11-9-18(10-12-19)20-13-14-21(26)25(24-20)16(2)22(27)23-15-17-7-5-4-6-8-17/h9-14,16-17H,3-8,15H2,1-2H3,(H,23,27). The molecule has 1 N–H and O–H groups in total. The van der Waals surface area contributed by atoms with Gasteiger partial charge in [0.05, 0.1) is 12.3 Å². The molecule has 1 heterocycles. The number of carbonyl (C=O) groups excluding carboxylic acids is 1. The first-order chi connectivity index (χ1) is 13.6.